The van der Waals surface area contributed by atoms with Gasteiger partial charge in [-0.25, -0.2) is 9.97 Å². The van der Waals surface area contributed by atoms with Gasteiger partial charge in [-0.15, -0.1) is 0 Å². The first-order valence-corrected chi connectivity index (χ1v) is 5.59. The molecule has 1 amide bonds. The first-order chi connectivity index (χ1) is 7.77. The maximum Gasteiger partial charge on any atom is 0.244 e. The molecule has 1 aliphatic heterocycles. The van der Waals surface area contributed by atoms with Gasteiger partial charge in [0.2, 0.25) is 5.91 Å². The molecule has 1 aromatic heterocycles. The highest BCUT2D eigenvalue weighted by molar-refractivity contribution is 5.84. The second-order valence-corrected chi connectivity index (χ2v) is 3.99. The van der Waals surface area contributed by atoms with E-state index in [1.807, 2.05) is 11.8 Å². The third-order valence-corrected chi connectivity index (χ3v) is 2.73. The van der Waals surface area contributed by atoms with E-state index in [4.69, 9.17) is 0 Å². The zero-order valence-corrected chi connectivity index (χ0v) is 9.39. The number of carbonyl (C=O) groups excluding carboxylic acids is 1. The number of anilines is 1. The summed E-state index contributed by atoms with van der Waals surface area (Å²) in [4.78, 5) is 21.7. The van der Waals surface area contributed by atoms with Gasteiger partial charge in [-0.05, 0) is 25.8 Å². The third kappa shape index (κ3) is 2.48. The van der Waals surface area contributed by atoms with Crippen molar-refractivity contribution in [2.24, 2.45) is 0 Å². The van der Waals surface area contributed by atoms with Crippen molar-refractivity contribution in [1.82, 2.24) is 14.9 Å². The number of likely N-dealkylation sites (tertiary alicyclic amines) is 1. The Kier molecular flexibility index (Phi) is 3.34. The minimum absolute atomic E-state index is 0.149. The summed E-state index contributed by atoms with van der Waals surface area (Å²) in [5, 5.41) is 3.08. The van der Waals surface area contributed by atoms with Crippen LogP contribution in [0.3, 0.4) is 0 Å². The van der Waals surface area contributed by atoms with Crippen molar-refractivity contribution in [1.29, 1.82) is 0 Å². The van der Waals surface area contributed by atoms with E-state index >= 15 is 0 Å². The smallest absolute Gasteiger partial charge is 0.244 e. The molecule has 0 aromatic carbocycles. The van der Waals surface area contributed by atoms with Gasteiger partial charge in [0.25, 0.3) is 0 Å². The average molecular weight is 220 g/mol. The molecule has 2 heterocycles. The zero-order valence-electron chi connectivity index (χ0n) is 9.39. The van der Waals surface area contributed by atoms with Crippen LogP contribution in [-0.4, -0.2) is 39.9 Å². The summed E-state index contributed by atoms with van der Waals surface area (Å²) in [7, 11) is 0. The van der Waals surface area contributed by atoms with Crippen LogP contribution in [0.5, 0.6) is 0 Å². The lowest BCUT2D eigenvalue weighted by Gasteiger charge is -2.21. The Bertz CT molecular complexity index is 348. The molecular weight excluding hydrogens is 204 g/mol. The van der Waals surface area contributed by atoms with E-state index < -0.39 is 0 Å². The Balaban J connectivity index is 1.92. The molecule has 86 valence electrons. The van der Waals surface area contributed by atoms with Crippen LogP contribution in [-0.2, 0) is 4.79 Å². The van der Waals surface area contributed by atoms with Gasteiger partial charge in [-0.3, -0.25) is 4.79 Å². The summed E-state index contributed by atoms with van der Waals surface area (Å²) < 4.78 is 0. The van der Waals surface area contributed by atoms with Gasteiger partial charge in [0.1, 0.15) is 18.2 Å². The third-order valence-electron chi connectivity index (χ3n) is 2.73. The zero-order chi connectivity index (χ0) is 11.4. The highest BCUT2D eigenvalue weighted by Crippen LogP contribution is 2.11. The van der Waals surface area contributed by atoms with Crippen molar-refractivity contribution < 1.29 is 4.79 Å². The van der Waals surface area contributed by atoms with Gasteiger partial charge < -0.3 is 10.2 Å². The van der Waals surface area contributed by atoms with Crippen LogP contribution in [0.4, 0.5) is 5.82 Å². The van der Waals surface area contributed by atoms with Crippen LogP contribution in [0.25, 0.3) is 0 Å². The van der Waals surface area contributed by atoms with Crippen molar-refractivity contribution >= 4 is 11.7 Å². The number of hydrogen-bond donors (Lipinski definition) is 1. The van der Waals surface area contributed by atoms with Gasteiger partial charge in [-0.2, -0.15) is 0 Å². The van der Waals surface area contributed by atoms with Crippen molar-refractivity contribution in [2.75, 3.05) is 18.4 Å². The number of rotatable bonds is 3. The van der Waals surface area contributed by atoms with Crippen LogP contribution in [0.15, 0.2) is 18.6 Å². The minimum atomic E-state index is -0.229. The lowest BCUT2D eigenvalue weighted by molar-refractivity contribution is -0.130. The van der Waals surface area contributed by atoms with Gasteiger partial charge in [0, 0.05) is 19.3 Å². The molecule has 1 aromatic rings. The summed E-state index contributed by atoms with van der Waals surface area (Å²) in [6.45, 7) is 3.63. The molecular formula is C11H16N4O. The minimum Gasteiger partial charge on any atom is -0.359 e. The SMILES string of the molecule is CC(Nc1ccncn1)C(=O)N1CCCC1. The van der Waals surface area contributed by atoms with Gasteiger partial charge in [0.05, 0.1) is 0 Å². The molecule has 0 spiro atoms. The van der Waals surface area contributed by atoms with Crippen LogP contribution < -0.4 is 5.32 Å². The van der Waals surface area contributed by atoms with Crippen LogP contribution in [0, 0.1) is 0 Å². The van der Waals surface area contributed by atoms with E-state index in [9.17, 15) is 4.79 Å². The van der Waals surface area contributed by atoms with E-state index in [1.165, 1.54) is 6.33 Å². The molecule has 5 nitrogen and oxygen atoms in total. The van der Waals surface area contributed by atoms with E-state index in [2.05, 4.69) is 15.3 Å². The summed E-state index contributed by atoms with van der Waals surface area (Å²) in [5.41, 5.74) is 0. The van der Waals surface area contributed by atoms with Crippen molar-refractivity contribution in [3.8, 4) is 0 Å². The Labute approximate surface area is 94.9 Å². The molecule has 1 unspecified atom stereocenters. The largest absolute Gasteiger partial charge is 0.359 e. The van der Waals surface area contributed by atoms with E-state index in [1.54, 1.807) is 12.3 Å². The fourth-order valence-corrected chi connectivity index (χ4v) is 1.87. The molecule has 2 rings (SSSR count). The van der Waals surface area contributed by atoms with Crippen LogP contribution in [0.2, 0.25) is 0 Å². The predicted molar refractivity (Wildman–Crippen MR) is 60.9 cm³/mol. The van der Waals surface area contributed by atoms with Crippen molar-refractivity contribution in [2.45, 2.75) is 25.8 Å². The predicted octanol–water partition coefficient (Wildman–Crippen LogP) is 0.899. The molecule has 1 fully saturated rings. The first-order valence-electron chi connectivity index (χ1n) is 5.59. The normalized spacial score (nSPS) is 17.2. The first kappa shape index (κ1) is 10.9. The fourth-order valence-electron chi connectivity index (χ4n) is 1.87. The molecule has 16 heavy (non-hydrogen) atoms. The second-order valence-electron chi connectivity index (χ2n) is 3.99. The molecule has 1 N–H and O–H groups in total. The monoisotopic (exact) mass is 220 g/mol. The summed E-state index contributed by atoms with van der Waals surface area (Å²) >= 11 is 0. The number of nitrogens with zero attached hydrogens (tertiary/aromatic N) is 3. The molecule has 5 heteroatoms. The molecule has 0 bridgehead atoms. The second kappa shape index (κ2) is 4.92. The topological polar surface area (TPSA) is 58.1 Å². The maximum absolute atomic E-state index is 12.0. The molecule has 1 atom stereocenters. The molecule has 0 radical (unpaired) electrons. The summed E-state index contributed by atoms with van der Waals surface area (Å²) in [5.74, 6) is 0.839. The molecule has 1 saturated heterocycles. The van der Waals surface area contributed by atoms with Gasteiger partial charge >= 0.3 is 0 Å². The van der Waals surface area contributed by atoms with E-state index in [0.29, 0.717) is 5.82 Å². The Morgan fingerprint density at radius 3 is 2.88 bits per heavy atom. The van der Waals surface area contributed by atoms with E-state index in [0.717, 1.165) is 25.9 Å². The molecule has 0 saturated carbocycles. The number of hydrogen-bond acceptors (Lipinski definition) is 4. The van der Waals surface area contributed by atoms with Gasteiger partial charge in [-0.1, -0.05) is 0 Å². The number of nitrogens with one attached hydrogen (secondary N) is 1. The number of amides is 1. The van der Waals surface area contributed by atoms with Crippen LogP contribution in [0.1, 0.15) is 19.8 Å². The van der Waals surface area contributed by atoms with Crippen molar-refractivity contribution in [3.05, 3.63) is 18.6 Å². The average Bonchev–Trinajstić information content (AvgIpc) is 2.83. The summed E-state index contributed by atoms with van der Waals surface area (Å²) in [6, 6.07) is 1.53. The highest BCUT2D eigenvalue weighted by atomic mass is 16.2. The van der Waals surface area contributed by atoms with E-state index in [-0.39, 0.29) is 11.9 Å². The standard InChI is InChI=1S/C11H16N4O/c1-9(11(16)15-6-2-3-7-15)14-10-4-5-12-8-13-10/h4-5,8-9H,2-3,6-7H2,1H3,(H,12,13,14). The lowest BCUT2D eigenvalue weighted by atomic mass is 10.3. The number of aromatic nitrogens is 2. The Morgan fingerprint density at radius 1 is 1.50 bits per heavy atom. The maximum atomic E-state index is 12.0. The fraction of sp³-hybridized carbons (Fsp3) is 0.545. The quantitative estimate of drug-likeness (QED) is 0.822. The molecule has 0 aliphatic carbocycles. The Hall–Kier alpha value is -1.65. The van der Waals surface area contributed by atoms with Crippen molar-refractivity contribution in [3.63, 3.8) is 0 Å². The summed E-state index contributed by atoms with van der Waals surface area (Å²) in [6.07, 6.45) is 5.36. The lowest BCUT2D eigenvalue weighted by Crippen LogP contribution is -2.39. The van der Waals surface area contributed by atoms with Crippen LogP contribution >= 0.6 is 0 Å². The highest BCUT2D eigenvalue weighted by Gasteiger charge is 2.22. The molecule has 1 aliphatic rings. The van der Waals surface area contributed by atoms with Gasteiger partial charge in [0.15, 0.2) is 0 Å². The number of carbonyl (C=O) groups is 1. The Morgan fingerprint density at radius 2 is 2.25 bits per heavy atom.